The zero-order chi connectivity index (χ0) is 14.1. The lowest BCUT2D eigenvalue weighted by molar-refractivity contribution is 1.14. The van der Waals surface area contributed by atoms with E-state index in [0.29, 0.717) is 0 Å². The van der Waals surface area contributed by atoms with Crippen molar-refractivity contribution >= 4 is 26.7 Å². The van der Waals surface area contributed by atoms with Gasteiger partial charge in [-0.2, -0.15) is 0 Å². The molecular formula is C19H17Br. The average molecular weight is 325 g/mol. The van der Waals surface area contributed by atoms with Crippen LogP contribution in [0.1, 0.15) is 18.1 Å². The molecule has 0 radical (unpaired) electrons. The van der Waals surface area contributed by atoms with E-state index in [1.54, 1.807) is 0 Å². The molecule has 0 aliphatic heterocycles. The average Bonchev–Trinajstić information content (AvgIpc) is 2.46. The third-order valence-corrected chi connectivity index (χ3v) is 4.25. The molecule has 0 atom stereocenters. The summed E-state index contributed by atoms with van der Waals surface area (Å²) < 4.78 is 1.15. The van der Waals surface area contributed by atoms with E-state index in [4.69, 9.17) is 0 Å². The highest BCUT2D eigenvalue weighted by Crippen LogP contribution is 2.30. The molecule has 0 unspecified atom stereocenters. The third-order valence-electron chi connectivity index (χ3n) is 3.75. The van der Waals surface area contributed by atoms with Crippen LogP contribution in [0.5, 0.6) is 0 Å². The van der Waals surface area contributed by atoms with Crippen molar-refractivity contribution in [2.45, 2.75) is 20.3 Å². The Morgan fingerprint density at radius 1 is 0.850 bits per heavy atom. The van der Waals surface area contributed by atoms with Crippen LogP contribution in [0, 0.1) is 6.92 Å². The Morgan fingerprint density at radius 3 is 2.40 bits per heavy atom. The van der Waals surface area contributed by atoms with Crippen molar-refractivity contribution in [3.8, 4) is 11.1 Å². The molecule has 0 nitrogen and oxygen atoms in total. The van der Waals surface area contributed by atoms with Crippen LogP contribution in [0.4, 0.5) is 0 Å². The molecule has 0 bridgehead atoms. The molecule has 0 aromatic heterocycles. The highest BCUT2D eigenvalue weighted by atomic mass is 79.9. The Bertz CT molecular complexity index is 772. The molecule has 0 N–H and O–H groups in total. The Kier molecular flexibility index (Phi) is 3.62. The van der Waals surface area contributed by atoms with Gasteiger partial charge in [0.1, 0.15) is 0 Å². The first-order chi connectivity index (χ1) is 9.67. The summed E-state index contributed by atoms with van der Waals surface area (Å²) in [7, 11) is 0. The van der Waals surface area contributed by atoms with Gasteiger partial charge in [-0.05, 0) is 59.0 Å². The molecule has 0 spiro atoms. The van der Waals surface area contributed by atoms with Gasteiger partial charge in [0.15, 0.2) is 0 Å². The first-order valence-corrected chi connectivity index (χ1v) is 7.76. The van der Waals surface area contributed by atoms with Gasteiger partial charge >= 0.3 is 0 Å². The van der Waals surface area contributed by atoms with E-state index >= 15 is 0 Å². The van der Waals surface area contributed by atoms with Crippen LogP contribution in [0.25, 0.3) is 21.9 Å². The molecule has 0 heterocycles. The van der Waals surface area contributed by atoms with Gasteiger partial charge in [-0.15, -0.1) is 0 Å². The normalized spacial score (nSPS) is 10.9. The van der Waals surface area contributed by atoms with Crippen molar-refractivity contribution in [3.63, 3.8) is 0 Å². The standard InChI is InChI=1S/C19H17Br/c1-3-14-12-18(20)8-9-19(14)17-7-6-15-10-13(2)4-5-16(15)11-17/h4-12H,3H2,1-2H3. The fourth-order valence-electron chi connectivity index (χ4n) is 2.67. The molecule has 20 heavy (non-hydrogen) atoms. The quantitative estimate of drug-likeness (QED) is 0.531. The lowest BCUT2D eigenvalue weighted by Crippen LogP contribution is -1.88. The van der Waals surface area contributed by atoms with E-state index < -0.39 is 0 Å². The number of benzene rings is 3. The van der Waals surface area contributed by atoms with Crippen LogP contribution < -0.4 is 0 Å². The summed E-state index contributed by atoms with van der Waals surface area (Å²) in [6.07, 6.45) is 1.04. The predicted molar refractivity (Wildman–Crippen MR) is 91.2 cm³/mol. The van der Waals surface area contributed by atoms with Gasteiger partial charge in [0, 0.05) is 4.47 Å². The smallest absolute Gasteiger partial charge is 0.0178 e. The molecule has 3 aromatic rings. The molecule has 3 rings (SSSR count). The molecule has 0 fully saturated rings. The molecule has 0 saturated carbocycles. The first-order valence-electron chi connectivity index (χ1n) is 6.96. The van der Waals surface area contributed by atoms with E-state index in [1.165, 1.54) is 33.0 Å². The molecular weight excluding hydrogens is 308 g/mol. The Hall–Kier alpha value is -1.60. The zero-order valence-corrected chi connectivity index (χ0v) is 13.4. The maximum atomic E-state index is 3.56. The summed E-state index contributed by atoms with van der Waals surface area (Å²) in [4.78, 5) is 0. The van der Waals surface area contributed by atoms with Crippen molar-refractivity contribution in [1.29, 1.82) is 0 Å². The topological polar surface area (TPSA) is 0 Å². The van der Waals surface area contributed by atoms with Crippen LogP contribution in [0.2, 0.25) is 0 Å². The Morgan fingerprint density at radius 2 is 1.60 bits per heavy atom. The van der Waals surface area contributed by atoms with Crippen LogP contribution >= 0.6 is 15.9 Å². The maximum Gasteiger partial charge on any atom is 0.0178 e. The maximum absolute atomic E-state index is 3.56. The van der Waals surface area contributed by atoms with E-state index in [1.807, 2.05) is 0 Å². The van der Waals surface area contributed by atoms with Crippen molar-refractivity contribution in [1.82, 2.24) is 0 Å². The zero-order valence-electron chi connectivity index (χ0n) is 11.8. The molecule has 0 aliphatic rings. The van der Waals surface area contributed by atoms with Crippen molar-refractivity contribution in [3.05, 3.63) is 70.2 Å². The second-order valence-electron chi connectivity index (χ2n) is 5.22. The van der Waals surface area contributed by atoms with Crippen molar-refractivity contribution in [2.24, 2.45) is 0 Å². The first kappa shape index (κ1) is 13.4. The minimum Gasteiger partial charge on any atom is -0.0613 e. The molecule has 3 aromatic carbocycles. The Labute approximate surface area is 128 Å². The van der Waals surface area contributed by atoms with Crippen LogP contribution in [-0.2, 0) is 6.42 Å². The number of aryl methyl sites for hydroxylation is 2. The molecule has 100 valence electrons. The lowest BCUT2D eigenvalue weighted by Gasteiger charge is -2.10. The summed E-state index contributed by atoms with van der Waals surface area (Å²) in [5.74, 6) is 0. The highest BCUT2D eigenvalue weighted by molar-refractivity contribution is 9.10. The number of hydrogen-bond acceptors (Lipinski definition) is 0. The second-order valence-corrected chi connectivity index (χ2v) is 6.14. The van der Waals surface area contributed by atoms with Gasteiger partial charge < -0.3 is 0 Å². The van der Waals surface area contributed by atoms with Gasteiger partial charge in [-0.3, -0.25) is 0 Å². The molecule has 1 heteroatoms. The molecule has 0 amide bonds. The van der Waals surface area contributed by atoms with Crippen LogP contribution in [-0.4, -0.2) is 0 Å². The van der Waals surface area contributed by atoms with Crippen molar-refractivity contribution in [2.75, 3.05) is 0 Å². The van der Waals surface area contributed by atoms with Crippen LogP contribution in [0.15, 0.2) is 59.1 Å². The van der Waals surface area contributed by atoms with E-state index in [0.717, 1.165) is 10.9 Å². The summed E-state index contributed by atoms with van der Waals surface area (Å²) in [6, 6.07) is 19.9. The fraction of sp³-hybridized carbons (Fsp3) is 0.158. The minimum absolute atomic E-state index is 1.04. The van der Waals surface area contributed by atoms with Gasteiger partial charge in [-0.25, -0.2) is 0 Å². The number of halogens is 1. The van der Waals surface area contributed by atoms with Gasteiger partial charge in [0.25, 0.3) is 0 Å². The summed E-state index contributed by atoms with van der Waals surface area (Å²) >= 11 is 3.56. The number of rotatable bonds is 2. The minimum atomic E-state index is 1.04. The largest absolute Gasteiger partial charge is 0.0613 e. The van der Waals surface area contributed by atoms with E-state index in [2.05, 4.69) is 84.4 Å². The monoisotopic (exact) mass is 324 g/mol. The lowest BCUT2D eigenvalue weighted by atomic mass is 9.95. The summed E-state index contributed by atoms with van der Waals surface area (Å²) in [5, 5.41) is 2.61. The number of hydrogen-bond donors (Lipinski definition) is 0. The third kappa shape index (κ3) is 2.51. The van der Waals surface area contributed by atoms with Crippen LogP contribution in [0.3, 0.4) is 0 Å². The van der Waals surface area contributed by atoms with Crippen molar-refractivity contribution < 1.29 is 0 Å². The number of fused-ring (bicyclic) bond motifs is 1. The van der Waals surface area contributed by atoms with Gasteiger partial charge in [0.05, 0.1) is 0 Å². The molecule has 0 aliphatic carbocycles. The molecule has 0 saturated heterocycles. The summed E-state index contributed by atoms with van der Waals surface area (Å²) in [6.45, 7) is 4.34. The van der Waals surface area contributed by atoms with E-state index in [-0.39, 0.29) is 0 Å². The predicted octanol–water partition coefficient (Wildman–Crippen LogP) is 6.14. The Balaban J connectivity index is 2.17. The van der Waals surface area contributed by atoms with Gasteiger partial charge in [0.2, 0.25) is 0 Å². The highest BCUT2D eigenvalue weighted by Gasteiger charge is 2.05. The SMILES string of the molecule is CCc1cc(Br)ccc1-c1ccc2cc(C)ccc2c1. The summed E-state index contributed by atoms with van der Waals surface area (Å²) in [5.41, 5.74) is 5.32. The second kappa shape index (κ2) is 5.41. The van der Waals surface area contributed by atoms with E-state index in [9.17, 15) is 0 Å². The fourth-order valence-corrected chi connectivity index (χ4v) is 3.08. The van der Waals surface area contributed by atoms with Gasteiger partial charge in [-0.1, -0.05) is 64.8 Å².